The molecule has 0 heterocycles. The molecule has 0 spiro atoms. The monoisotopic (exact) mass is 98.1 g/mol. The zero-order chi connectivity index (χ0) is 5.91. The van der Waals surface area contributed by atoms with E-state index in [9.17, 15) is 0 Å². The second-order valence-corrected chi connectivity index (χ2v) is 2.30. The maximum absolute atomic E-state index is 6.40. The van der Waals surface area contributed by atoms with Crippen molar-refractivity contribution < 1.29 is 0 Å². The third-order valence-electron chi connectivity index (χ3n) is 0.487. The van der Waals surface area contributed by atoms with E-state index in [1.165, 1.54) is 0 Å². The van der Waals surface area contributed by atoms with Crippen LogP contribution in [0.3, 0.4) is 0 Å². The molecule has 0 fully saturated rings. The highest BCUT2D eigenvalue weighted by molar-refractivity contribution is 4.81. The summed E-state index contributed by atoms with van der Waals surface area (Å²) in [6.45, 7) is 10.5. The smallest absolute Gasteiger partial charge is 0.231 e. The molecule has 2 heteroatoms. The van der Waals surface area contributed by atoms with Gasteiger partial charge in [-0.25, -0.2) is 6.57 Å². The zero-order valence-electron chi connectivity index (χ0n) is 4.73. The average Bonchev–Trinajstić information content (AvgIpc) is 1.30. The van der Waals surface area contributed by atoms with E-state index in [2.05, 4.69) is 4.85 Å². The molecule has 0 amide bonds. The summed E-state index contributed by atoms with van der Waals surface area (Å²) in [5.74, 6) is 0. The molecular formula is C5H10N2. The van der Waals surface area contributed by atoms with Crippen LogP contribution in [0.2, 0.25) is 0 Å². The van der Waals surface area contributed by atoms with Crippen LogP contribution in [0.4, 0.5) is 0 Å². The molecule has 0 rings (SSSR count). The molecule has 0 aliphatic rings. The number of rotatable bonds is 1. The first kappa shape index (κ1) is 6.45. The quantitative estimate of drug-likeness (QED) is 0.479. The SMILES string of the molecule is [C-]#[N+]CC(C)(C)N. The van der Waals surface area contributed by atoms with Crippen LogP contribution in [0.5, 0.6) is 0 Å². The number of nitrogens with two attached hydrogens (primary N) is 1. The van der Waals surface area contributed by atoms with E-state index < -0.39 is 0 Å². The molecule has 7 heavy (non-hydrogen) atoms. The summed E-state index contributed by atoms with van der Waals surface area (Å²) in [4.78, 5) is 3.13. The van der Waals surface area contributed by atoms with Crippen LogP contribution in [0.25, 0.3) is 4.85 Å². The molecule has 0 aromatic rings. The highest BCUT2D eigenvalue weighted by Gasteiger charge is 2.12. The molecule has 2 nitrogen and oxygen atoms in total. The summed E-state index contributed by atoms with van der Waals surface area (Å²) in [5, 5.41) is 0. The molecule has 0 bridgehead atoms. The minimum Gasteiger partial charge on any atom is -0.319 e. The Morgan fingerprint density at radius 3 is 2.14 bits per heavy atom. The summed E-state index contributed by atoms with van der Waals surface area (Å²) in [5.41, 5.74) is 5.13. The molecule has 0 aromatic heterocycles. The highest BCUT2D eigenvalue weighted by atomic mass is 14.8. The van der Waals surface area contributed by atoms with Crippen molar-refractivity contribution in [1.82, 2.24) is 0 Å². The van der Waals surface area contributed by atoms with Gasteiger partial charge >= 0.3 is 0 Å². The van der Waals surface area contributed by atoms with Gasteiger partial charge in [0.05, 0.1) is 5.54 Å². The molecule has 0 saturated heterocycles. The molecule has 0 aliphatic carbocycles. The van der Waals surface area contributed by atoms with E-state index in [-0.39, 0.29) is 5.54 Å². The lowest BCUT2D eigenvalue weighted by Crippen LogP contribution is -2.34. The second-order valence-electron chi connectivity index (χ2n) is 2.30. The molecule has 0 aliphatic heterocycles. The predicted molar refractivity (Wildman–Crippen MR) is 29.7 cm³/mol. The minimum atomic E-state index is -0.304. The van der Waals surface area contributed by atoms with Crippen LogP contribution in [0.1, 0.15) is 13.8 Å². The lowest BCUT2D eigenvalue weighted by molar-refractivity contribution is 0.563. The van der Waals surface area contributed by atoms with E-state index in [1.54, 1.807) is 0 Å². The average molecular weight is 98.1 g/mol. The molecule has 0 atom stereocenters. The molecule has 40 valence electrons. The van der Waals surface area contributed by atoms with E-state index in [0.29, 0.717) is 6.54 Å². The van der Waals surface area contributed by atoms with Gasteiger partial charge in [-0.3, -0.25) is 0 Å². The number of hydrogen-bond donors (Lipinski definition) is 1. The third-order valence-corrected chi connectivity index (χ3v) is 0.487. The molecule has 0 saturated carbocycles. The second kappa shape index (κ2) is 1.94. The molecule has 0 radical (unpaired) electrons. The van der Waals surface area contributed by atoms with Gasteiger partial charge in [0.15, 0.2) is 0 Å². The van der Waals surface area contributed by atoms with Gasteiger partial charge in [-0.1, -0.05) is 0 Å². The van der Waals surface area contributed by atoms with Gasteiger partial charge in [0.1, 0.15) is 0 Å². The maximum Gasteiger partial charge on any atom is 0.231 e. The lowest BCUT2D eigenvalue weighted by atomic mass is 10.1. The van der Waals surface area contributed by atoms with E-state index in [0.717, 1.165) is 0 Å². The lowest BCUT2D eigenvalue weighted by Gasteiger charge is -2.07. The van der Waals surface area contributed by atoms with Gasteiger partial charge in [-0.2, -0.15) is 0 Å². The van der Waals surface area contributed by atoms with Crippen molar-refractivity contribution in [2.75, 3.05) is 6.54 Å². The Bertz CT molecular complexity index is 83.2. The van der Waals surface area contributed by atoms with Gasteiger partial charge in [0.2, 0.25) is 6.54 Å². The van der Waals surface area contributed by atoms with Crippen LogP contribution in [-0.4, -0.2) is 12.1 Å². The van der Waals surface area contributed by atoms with Crippen molar-refractivity contribution in [3.05, 3.63) is 11.4 Å². The Balaban J connectivity index is 3.40. The van der Waals surface area contributed by atoms with Gasteiger partial charge < -0.3 is 10.6 Å². The zero-order valence-corrected chi connectivity index (χ0v) is 4.73. The maximum atomic E-state index is 6.40. The third kappa shape index (κ3) is 5.45. The first-order valence-electron chi connectivity index (χ1n) is 2.18. The molecule has 2 N–H and O–H groups in total. The van der Waals surface area contributed by atoms with Crippen molar-refractivity contribution in [3.8, 4) is 0 Å². The Morgan fingerprint density at radius 1 is 1.71 bits per heavy atom. The predicted octanol–water partition coefficient (Wildman–Crippen LogP) is 0.643. The van der Waals surface area contributed by atoms with Crippen LogP contribution in [0, 0.1) is 6.57 Å². The largest absolute Gasteiger partial charge is 0.319 e. The van der Waals surface area contributed by atoms with Gasteiger partial charge in [0, 0.05) is 0 Å². The van der Waals surface area contributed by atoms with Gasteiger partial charge in [0.25, 0.3) is 0 Å². The van der Waals surface area contributed by atoms with Crippen LogP contribution in [-0.2, 0) is 0 Å². The fourth-order valence-corrected chi connectivity index (χ4v) is 0.204. The first-order chi connectivity index (χ1) is 3.06. The van der Waals surface area contributed by atoms with Crippen LogP contribution < -0.4 is 5.73 Å². The van der Waals surface area contributed by atoms with Crippen molar-refractivity contribution >= 4 is 0 Å². The van der Waals surface area contributed by atoms with Crippen LogP contribution >= 0.6 is 0 Å². The summed E-state index contributed by atoms with van der Waals surface area (Å²) in [6, 6.07) is 0. The number of nitrogens with zero attached hydrogens (tertiary/aromatic N) is 1. The topological polar surface area (TPSA) is 30.4 Å². The van der Waals surface area contributed by atoms with E-state index in [4.69, 9.17) is 12.3 Å². The van der Waals surface area contributed by atoms with Crippen molar-refractivity contribution in [1.29, 1.82) is 0 Å². The summed E-state index contributed by atoms with van der Waals surface area (Å²) >= 11 is 0. The fraction of sp³-hybridized carbons (Fsp3) is 0.800. The van der Waals surface area contributed by atoms with E-state index >= 15 is 0 Å². The Morgan fingerprint density at radius 2 is 2.14 bits per heavy atom. The van der Waals surface area contributed by atoms with Gasteiger partial charge in [-0.05, 0) is 13.8 Å². The molecule has 0 aromatic carbocycles. The minimum absolute atomic E-state index is 0.304. The van der Waals surface area contributed by atoms with Gasteiger partial charge in [-0.15, -0.1) is 0 Å². The number of hydrogen-bond acceptors (Lipinski definition) is 1. The summed E-state index contributed by atoms with van der Waals surface area (Å²) in [7, 11) is 0. The Hall–Kier alpha value is -0.550. The van der Waals surface area contributed by atoms with Crippen molar-refractivity contribution in [2.24, 2.45) is 5.73 Å². The molecule has 0 unspecified atom stereocenters. The standard InChI is InChI=1S/C5H10N2/c1-5(2,6)4-7-3/h4,6H2,1-2H3. The highest BCUT2D eigenvalue weighted by Crippen LogP contribution is 1.94. The van der Waals surface area contributed by atoms with Crippen molar-refractivity contribution in [3.63, 3.8) is 0 Å². The Kier molecular flexibility index (Phi) is 1.79. The van der Waals surface area contributed by atoms with E-state index in [1.807, 2.05) is 13.8 Å². The van der Waals surface area contributed by atoms with Crippen LogP contribution in [0.15, 0.2) is 0 Å². The Labute approximate surface area is 44.1 Å². The first-order valence-corrected chi connectivity index (χ1v) is 2.18. The fourth-order valence-electron chi connectivity index (χ4n) is 0.204. The molecular weight excluding hydrogens is 88.1 g/mol. The normalized spacial score (nSPS) is 10.6. The van der Waals surface area contributed by atoms with Crippen molar-refractivity contribution in [2.45, 2.75) is 19.4 Å². The summed E-state index contributed by atoms with van der Waals surface area (Å²) in [6.07, 6.45) is 0. The summed E-state index contributed by atoms with van der Waals surface area (Å²) < 4.78 is 0.